The summed E-state index contributed by atoms with van der Waals surface area (Å²) in [5.41, 5.74) is 6.18. The number of aromatic hydroxyl groups is 1. The zero-order valence-corrected chi connectivity index (χ0v) is 9.43. The van der Waals surface area contributed by atoms with Crippen LogP contribution in [0.15, 0.2) is 18.2 Å². The Bertz CT molecular complexity index is 354. The van der Waals surface area contributed by atoms with E-state index in [9.17, 15) is 9.90 Å². The van der Waals surface area contributed by atoms with E-state index in [1.807, 2.05) is 22.6 Å². The maximum atomic E-state index is 10.5. The lowest BCUT2D eigenvalue weighted by Crippen LogP contribution is -2.32. The summed E-state index contributed by atoms with van der Waals surface area (Å²) >= 11 is 1.98. The Morgan fingerprint density at radius 3 is 2.71 bits per heavy atom. The van der Waals surface area contributed by atoms with Gasteiger partial charge in [-0.25, -0.2) is 0 Å². The van der Waals surface area contributed by atoms with E-state index in [0.29, 0.717) is 3.57 Å². The number of carboxylic acids is 1. The Kier molecular flexibility index (Phi) is 3.70. The van der Waals surface area contributed by atoms with Crippen molar-refractivity contribution in [2.45, 2.75) is 12.5 Å². The van der Waals surface area contributed by atoms with Crippen LogP contribution in [0.4, 0.5) is 0 Å². The van der Waals surface area contributed by atoms with Gasteiger partial charge >= 0.3 is 5.97 Å². The van der Waals surface area contributed by atoms with Crippen LogP contribution in [0.1, 0.15) is 5.56 Å². The molecule has 0 aliphatic rings. The van der Waals surface area contributed by atoms with Crippen LogP contribution >= 0.6 is 22.6 Å². The highest BCUT2D eigenvalue weighted by atomic mass is 127. The zero-order chi connectivity index (χ0) is 10.7. The van der Waals surface area contributed by atoms with Crippen molar-refractivity contribution in [3.63, 3.8) is 0 Å². The number of carbonyl (C=O) groups is 1. The number of nitrogens with two attached hydrogens (primary N) is 1. The first-order valence-electron chi connectivity index (χ1n) is 3.96. The van der Waals surface area contributed by atoms with Gasteiger partial charge in [-0.2, -0.15) is 0 Å². The molecule has 1 aromatic carbocycles. The summed E-state index contributed by atoms with van der Waals surface area (Å²) in [5, 5.41) is 17.8. The summed E-state index contributed by atoms with van der Waals surface area (Å²) in [6, 6.07) is 4.03. The lowest BCUT2D eigenvalue weighted by molar-refractivity contribution is -0.138. The Hall–Kier alpha value is -0.820. The standard InChI is InChI=1S/C9H10INO3/c10-6-3-5(1-2-8(6)12)4-7(11)9(13)14/h1-3,7,12H,4,11H2,(H,13,14)/t7-/m0/s1/i1+1,2+1,3+1,5+1,6+1,8+1. The average molecular weight is 313 g/mol. The molecular weight excluding hydrogens is 303 g/mol. The lowest BCUT2D eigenvalue weighted by atomic mass is 10.3. The van der Waals surface area contributed by atoms with Gasteiger partial charge in [0.15, 0.2) is 0 Å². The fraction of sp³-hybridized carbons (Fsp3) is 0.222. The van der Waals surface area contributed by atoms with Crippen molar-refractivity contribution in [2.75, 3.05) is 0 Å². The number of benzene rings is 1. The summed E-state index contributed by atoms with van der Waals surface area (Å²) in [6.07, 6.45) is 0.269. The number of phenols is 1. The van der Waals surface area contributed by atoms with E-state index in [-0.39, 0.29) is 12.2 Å². The van der Waals surface area contributed by atoms with E-state index >= 15 is 0 Å². The molecular formula is C9H10INO3. The Morgan fingerprint density at radius 2 is 2.21 bits per heavy atom. The first-order valence-corrected chi connectivity index (χ1v) is 5.04. The molecule has 1 aromatic rings. The molecule has 5 heteroatoms. The van der Waals surface area contributed by atoms with Crippen LogP contribution in [0.2, 0.25) is 0 Å². The summed E-state index contributed by atoms with van der Waals surface area (Å²) < 4.78 is 0.692. The molecule has 0 saturated heterocycles. The first-order chi connectivity index (χ1) is 6.50. The molecule has 0 bridgehead atoms. The molecule has 1 atom stereocenters. The Labute approximate surface area is 94.9 Å². The molecule has 0 aliphatic heterocycles. The van der Waals surface area contributed by atoms with E-state index in [1.165, 1.54) is 6.07 Å². The Balaban J connectivity index is 2.78. The molecule has 0 fully saturated rings. The smallest absolute Gasteiger partial charge is 0.320 e. The number of hydrogen-bond donors (Lipinski definition) is 3. The van der Waals surface area contributed by atoms with Gasteiger partial charge in [0.1, 0.15) is 11.8 Å². The van der Waals surface area contributed by atoms with Crippen LogP contribution in [0.25, 0.3) is 0 Å². The Morgan fingerprint density at radius 1 is 1.57 bits per heavy atom. The second kappa shape index (κ2) is 4.61. The first kappa shape index (κ1) is 11.3. The van der Waals surface area contributed by atoms with Crippen molar-refractivity contribution in [1.29, 1.82) is 0 Å². The number of rotatable bonds is 3. The normalized spacial score (nSPS) is 12.4. The third-order valence-corrected chi connectivity index (χ3v) is 2.65. The van der Waals surface area contributed by atoms with Gasteiger partial charge in [-0.1, -0.05) is 6.07 Å². The van der Waals surface area contributed by atoms with Crippen LogP contribution in [-0.2, 0) is 11.2 Å². The summed E-state index contributed by atoms with van der Waals surface area (Å²) in [5.74, 6) is -0.827. The average Bonchev–Trinajstić information content (AvgIpc) is 2.11. The van der Waals surface area contributed by atoms with E-state index in [4.69, 9.17) is 10.8 Å². The lowest BCUT2D eigenvalue weighted by Gasteiger charge is -2.07. The van der Waals surface area contributed by atoms with Crippen LogP contribution in [-0.4, -0.2) is 22.2 Å². The van der Waals surface area contributed by atoms with Gasteiger partial charge in [-0.3, -0.25) is 4.79 Å². The fourth-order valence-electron chi connectivity index (χ4n) is 1.02. The number of halogens is 1. The third-order valence-electron chi connectivity index (χ3n) is 1.78. The summed E-state index contributed by atoms with van der Waals surface area (Å²) in [7, 11) is 0. The molecule has 14 heavy (non-hydrogen) atoms. The molecule has 4 N–H and O–H groups in total. The molecule has 4 nitrogen and oxygen atoms in total. The molecule has 76 valence electrons. The minimum absolute atomic E-state index is 0.193. The number of phenolic OH excluding ortho intramolecular Hbond substituents is 1. The van der Waals surface area contributed by atoms with Gasteiger partial charge in [-0.15, -0.1) is 0 Å². The van der Waals surface area contributed by atoms with Crippen molar-refractivity contribution in [2.24, 2.45) is 5.73 Å². The second-order valence-electron chi connectivity index (χ2n) is 2.93. The van der Waals surface area contributed by atoms with E-state index in [0.717, 1.165) is 5.56 Å². The van der Waals surface area contributed by atoms with Crippen molar-refractivity contribution in [1.82, 2.24) is 0 Å². The van der Waals surface area contributed by atoms with Gasteiger partial charge in [-0.05, 0) is 46.7 Å². The highest BCUT2D eigenvalue weighted by Gasteiger charge is 2.12. The fourth-order valence-corrected chi connectivity index (χ4v) is 1.60. The SMILES string of the molecule is N[C@@H](C[13c]1[13cH][13cH][13c](O)[13c](I)[13cH]1)C(=O)O. The molecule has 0 saturated carbocycles. The largest absolute Gasteiger partial charge is 0.507 e. The van der Waals surface area contributed by atoms with Crippen LogP contribution in [0, 0.1) is 3.57 Å². The van der Waals surface area contributed by atoms with E-state index in [1.54, 1.807) is 12.1 Å². The molecule has 1 rings (SSSR count). The summed E-state index contributed by atoms with van der Waals surface area (Å²) in [4.78, 5) is 10.5. The third kappa shape index (κ3) is 2.85. The monoisotopic (exact) mass is 313 g/mol. The van der Waals surface area contributed by atoms with Gasteiger partial charge in [0.25, 0.3) is 0 Å². The van der Waals surface area contributed by atoms with Gasteiger partial charge < -0.3 is 15.9 Å². The number of aliphatic carboxylic acids is 1. The van der Waals surface area contributed by atoms with Gasteiger partial charge in [0.05, 0.1) is 3.57 Å². The van der Waals surface area contributed by atoms with Gasteiger partial charge in [0, 0.05) is 0 Å². The minimum atomic E-state index is -1.02. The molecule has 0 amide bonds. The van der Waals surface area contributed by atoms with Crippen molar-refractivity contribution < 1.29 is 15.0 Å². The van der Waals surface area contributed by atoms with E-state index < -0.39 is 12.0 Å². The van der Waals surface area contributed by atoms with Gasteiger partial charge in [0.2, 0.25) is 0 Å². The quantitative estimate of drug-likeness (QED) is 0.726. The van der Waals surface area contributed by atoms with Crippen LogP contribution in [0.5, 0.6) is 5.75 Å². The molecule has 0 radical (unpaired) electrons. The van der Waals surface area contributed by atoms with Crippen molar-refractivity contribution >= 4 is 28.6 Å². The summed E-state index contributed by atoms with van der Waals surface area (Å²) in [6.45, 7) is 0. The molecule has 0 aliphatic carbocycles. The number of carboxylic acid groups (broad SMARTS) is 1. The van der Waals surface area contributed by atoms with Crippen LogP contribution < -0.4 is 5.73 Å². The van der Waals surface area contributed by atoms with E-state index in [2.05, 4.69) is 0 Å². The predicted octanol–water partition coefficient (Wildman–Crippen LogP) is 0.951. The highest BCUT2D eigenvalue weighted by molar-refractivity contribution is 14.1. The second-order valence-corrected chi connectivity index (χ2v) is 4.10. The minimum Gasteiger partial charge on any atom is -0.507 e. The van der Waals surface area contributed by atoms with Crippen molar-refractivity contribution in [3.05, 3.63) is 27.3 Å². The topological polar surface area (TPSA) is 83.5 Å². The highest BCUT2D eigenvalue weighted by Crippen LogP contribution is 2.20. The molecule has 0 aromatic heterocycles. The van der Waals surface area contributed by atoms with Crippen molar-refractivity contribution in [3.8, 4) is 5.75 Å². The molecule has 0 heterocycles. The number of hydrogen-bond acceptors (Lipinski definition) is 3. The molecule has 0 unspecified atom stereocenters. The maximum absolute atomic E-state index is 10.5. The zero-order valence-electron chi connectivity index (χ0n) is 7.27. The van der Waals surface area contributed by atoms with Crippen LogP contribution in [0.3, 0.4) is 0 Å². The maximum Gasteiger partial charge on any atom is 0.320 e. The predicted molar refractivity (Wildman–Crippen MR) is 60.1 cm³/mol. The molecule has 0 spiro atoms.